The number of hydrogen-bond donors (Lipinski definition) is 3. The van der Waals surface area contributed by atoms with E-state index in [4.69, 9.17) is 5.73 Å². The third-order valence-corrected chi connectivity index (χ3v) is 2.90. The zero-order chi connectivity index (χ0) is 11.9. The van der Waals surface area contributed by atoms with Crippen LogP contribution in [0.3, 0.4) is 0 Å². The lowest BCUT2D eigenvalue weighted by Crippen LogP contribution is -2.02. The quantitative estimate of drug-likeness (QED) is 0.642. The molecule has 0 radical (unpaired) electrons. The minimum absolute atomic E-state index is 0.809. The molecule has 2 rings (SSSR count). The van der Waals surface area contributed by atoms with Crippen molar-refractivity contribution < 1.29 is 0 Å². The number of aromatic nitrogens is 2. The predicted octanol–water partition coefficient (Wildman–Crippen LogP) is 2.49. The number of H-pyrrole nitrogens is 1. The molecule has 0 spiro atoms. The van der Waals surface area contributed by atoms with Gasteiger partial charge < -0.3 is 11.1 Å². The summed E-state index contributed by atoms with van der Waals surface area (Å²) in [5, 5.41) is 11.6. The molecule has 0 fully saturated rings. The molecule has 4 N–H and O–H groups in total. The van der Waals surface area contributed by atoms with Gasteiger partial charge in [0.05, 0.1) is 11.7 Å². The number of benzene rings is 1. The van der Waals surface area contributed by atoms with Crippen molar-refractivity contribution in [3.8, 4) is 0 Å². The summed E-state index contributed by atoms with van der Waals surface area (Å²) in [6.45, 7) is 1.83. The summed E-state index contributed by atoms with van der Waals surface area (Å²) in [5.74, 6) is 0. The van der Waals surface area contributed by atoms with Crippen molar-refractivity contribution in [2.24, 2.45) is 5.73 Å². The highest BCUT2D eigenvalue weighted by Gasteiger charge is 1.97. The first-order chi connectivity index (χ1) is 8.40. The van der Waals surface area contributed by atoms with Crippen LogP contribution in [-0.4, -0.2) is 23.3 Å². The van der Waals surface area contributed by atoms with Crippen LogP contribution in [0.2, 0.25) is 0 Å². The maximum Gasteiger partial charge on any atom is 0.0670 e. The van der Waals surface area contributed by atoms with E-state index in [0.717, 1.165) is 36.1 Å². The first kappa shape index (κ1) is 11.9. The molecule has 17 heavy (non-hydrogen) atoms. The Morgan fingerprint density at radius 3 is 2.94 bits per heavy atom. The van der Waals surface area contributed by atoms with Gasteiger partial charge in [0.15, 0.2) is 0 Å². The van der Waals surface area contributed by atoms with Crippen LogP contribution in [0.25, 0.3) is 10.9 Å². The summed E-state index contributed by atoms with van der Waals surface area (Å²) >= 11 is 0. The minimum Gasteiger partial charge on any atom is -0.385 e. The number of nitrogens with zero attached hydrogens (tertiary/aromatic N) is 1. The normalized spacial score (nSPS) is 10.9. The van der Waals surface area contributed by atoms with Crippen LogP contribution in [0.1, 0.15) is 25.7 Å². The van der Waals surface area contributed by atoms with Crippen LogP contribution in [0.4, 0.5) is 5.69 Å². The summed E-state index contributed by atoms with van der Waals surface area (Å²) in [6.07, 6.45) is 6.65. The minimum atomic E-state index is 0.809. The molecule has 1 heterocycles. The molecule has 0 aliphatic carbocycles. The van der Waals surface area contributed by atoms with Crippen LogP contribution in [0.5, 0.6) is 0 Å². The van der Waals surface area contributed by atoms with Crippen molar-refractivity contribution in [3.05, 3.63) is 24.4 Å². The second kappa shape index (κ2) is 6.25. The van der Waals surface area contributed by atoms with Gasteiger partial charge >= 0.3 is 0 Å². The SMILES string of the molecule is NCCCCCCNc1ccc2cn[nH]c2c1. The second-order valence-electron chi connectivity index (χ2n) is 4.30. The van der Waals surface area contributed by atoms with Crippen molar-refractivity contribution in [2.45, 2.75) is 25.7 Å². The van der Waals surface area contributed by atoms with Gasteiger partial charge in [-0.3, -0.25) is 5.10 Å². The highest BCUT2D eigenvalue weighted by molar-refractivity contribution is 5.81. The number of nitrogens with two attached hydrogens (primary N) is 1. The van der Waals surface area contributed by atoms with E-state index in [1.54, 1.807) is 0 Å². The number of anilines is 1. The van der Waals surface area contributed by atoms with Crippen molar-refractivity contribution in [1.29, 1.82) is 0 Å². The molecule has 4 heteroatoms. The summed E-state index contributed by atoms with van der Waals surface area (Å²) in [7, 11) is 0. The molecule has 0 bridgehead atoms. The molecule has 0 atom stereocenters. The molecule has 1 aromatic carbocycles. The van der Waals surface area contributed by atoms with E-state index >= 15 is 0 Å². The molecule has 1 aromatic heterocycles. The zero-order valence-corrected chi connectivity index (χ0v) is 10.1. The third kappa shape index (κ3) is 3.46. The van der Waals surface area contributed by atoms with Gasteiger partial charge in [-0.1, -0.05) is 12.8 Å². The van der Waals surface area contributed by atoms with Gasteiger partial charge in [-0.15, -0.1) is 0 Å². The molecule has 0 amide bonds. The Balaban J connectivity index is 1.75. The van der Waals surface area contributed by atoms with E-state index in [1.165, 1.54) is 19.3 Å². The first-order valence-corrected chi connectivity index (χ1v) is 6.27. The van der Waals surface area contributed by atoms with Crippen molar-refractivity contribution >= 4 is 16.6 Å². The average molecular weight is 232 g/mol. The van der Waals surface area contributed by atoms with Gasteiger partial charge in [-0.25, -0.2) is 0 Å². The predicted molar refractivity (Wildman–Crippen MR) is 72.1 cm³/mol. The van der Waals surface area contributed by atoms with Crippen molar-refractivity contribution in [3.63, 3.8) is 0 Å². The van der Waals surface area contributed by atoms with E-state index in [2.05, 4.69) is 33.7 Å². The van der Waals surface area contributed by atoms with E-state index in [-0.39, 0.29) is 0 Å². The Morgan fingerprint density at radius 2 is 2.06 bits per heavy atom. The highest BCUT2D eigenvalue weighted by Crippen LogP contribution is 2.16. The molecule has 0 saturated carbocycles. The van der Waals surface area contributed by atoms with Gasteiger partial charge in [-0.05, 0) is 37.6 Å². The van der Waals surface area contributed by atoms with Crippen LogP contribution in [-0.2, 0) is 0 Å². The van der Waals surface area contributed by atoms with Crippen LogP contribution < -0.4 is 11.1 Å². The number of fused-ring (bicyclic) bond motifs is 1. The molecule has 0 aliphatic heterocycles. The molecule has 4 nitrogen and oxygen atoms in total. The number of aromatic amines is 1. The lowest BCUT2D eigenvalue weighted by Gasteiger charge is -2.06. The fourth-order valence-corrected chi connectivity index (χ4v) is 1.90. The molecule has 2 aromatic rings. The summed E-state index contributed by atoms with van der Waals surface area (Å²) in [6, 6.07) is 6.27. The number of hydrogen-bond acceptors (Lipinski definition) is 3. The third-order valence-electron chi connectivity index (χ3n) is 2.90. The molecular weight excluding hydrogens is 212 g/mol. The monoisotopic (exact) mass is 232 g/mol. The van der Waals surface area contributed by atoms with Crippen molar-refractivity contribution in [2.75, 3.05) is 18.4 Å². The van der Waals surface area contributed by atoms with Crippen LogP contribution in [0, 0.1) is 0 Å². The molecule has 0 aliphatic rings. The van der Waals surface area contributed by atoms with Crippen LogP contribution >= 0.6 is 0 Å². The van der Waals surface area contributed by atoms with Gasteiger partial charge in [-0.2, -0.15) is 5.10 Å². The standard InChI is InChI=1S/C13H20N4/c14-7-3-1-2-4-8-15-12-6-5-11-10-16-17-13(11)9-12/h5-6,9-10,15H,1-4,7-8,14H2,(H,16,17). The van der Waals surface area contributed by atoms with Gasteiger partial charge in [0, 0.05) is 17.6 Å². The lowest BCUT2D eigenvalue weighted by atomic mass is 10.2. The Kier molecular flexibility index (Phi) is 4.38. The fraction of sp³-hybridized carbons (Fsp3) is 0.462. The molecule has 0 saturated heterocycles. The first-order valence-electron chi connectivity index (χ1n) is 6.27. The smallest absolute Gasteiger partial charge is 0.0670 e. The van der Waals surface area contributed by atoms with E-state index in [1.807, 2.05) is 6.20 Å². The summed E-state index contributed by atoms with van der Waals surface area (Å²) in [5.41, 5.74) is 7.69. The second-order valence-corrected chi connectivity index (χ2v) is 4.30. The van der Waals surface area contributed by atoms with Crippen LogP contribution in [0.15, 0.2) is 24.4 Å². The Hall–Kier alpha value is -1.55. The van der Waals surface area contributed by atoms with E-state index in [9.17, 15) is 0 Å². The summed E-state index contributed by atoms with van der Waals surface area (Å²) in [4.78, 5) is 0. The Labute approximate surface area is 102 Å². The zero-order valence-electron chi connectivity index (χ0n) is 10.1. The fourth-order valence-electron chi connectivity index (χ4n) is 1.90. The number of nitrogens with one attached hydrogen (secondary N) is 2. The number of unbranched alkanes of at least 4 members (excludes halogenated alkanes) is 3. The Bertz CT molecular complexity index is 449. The van der Waals surface area contributed by atoms with Gasteiger partial charge in [0.1, 0.15) is 0 Å². The molecule has 0 unspecified atom stereocenters. The average Bonchev–Trinajstić information content (AvgIpc) is 2.81. The largest absolute Gasteiger partial charge is 0.385 e. The Morgan fingerprint density at radius 1 is 1.18 bits per heavy atom. The van der Waals surface area contributed by atoms with E-state index in [0.29, 0.717) is 0 Å². The van der Waals surface area contributed by atoms with E-state index < -0.39 is 0 Å². The van der Waals surface area contributed by atoms with Gasteiger partial charge in [0.2, 0.25) is 0 Å². The van der Waals surface area contributed by atoms with Crippen molar-refractivity contribution in [1.82, 2.24) is 10.2 Å². The number of rotatable bonds is 7. The molecule has 92 valence electrons. The maximum atomic E-state index is 5.45. The maximum absolute atomic E-state index is 5.45. The van der Waals surface area contributed by atoms with Gasteiger partial charge in [0.25, 0.3) is 0 Å². The lowest BCUT2D eigenvalue weighted by molar-refractivity contribution is 0.661. The summed E-state index contributed by atoms with van der Waals surface area (Å²) < 4.78 is 0. The topological polar surface area (TPSA) is 66.7 Å². The molecular formula is C13H20N4. The highest BCUT2D eigenvalue weighted by atomic mass is 15.1.